The van der Waals surface area contributed by atoms with Gasteiger partial charge in [0.05, 0.1) is 5.56 Å². The molecule has 72 valence electrons. The van der Waals surface area contributed by atoms with Crippen LogP contribution in [-0.4, -0.2) is 17.9 Å². The van der Waals surface area contributed by atoms with Crippen LogP contribution in [0.15, 0.2) is 18.3 Å². The predicted octanol–water partition coefficient (Wildman–Crippen LogP) is 2.12. The standard InChI is InChI=1S/C7H7ClN2O.C2H6/c1-9-7(11)5-3-2-4-10-6(5)8;1-2/h2-4H,1H3,(H,9,11);1-2H3. The second kappa shape index (κ2) is 6.43. The highest BCUT2D eigenvalue weighted by atomic mass is 35.5. The van der Waals surface area contributed by atoms with Gasteiger partial charge in [0.25, 0.3) is 5.91 Å². The van der Waals surface area contributed by atoms with Crippen molar-refractivity contribution >= 4 is 17.5 Å². The first-order valence-electron chi connectivity index (χ1n) is 4.08. The average Bonchev–Trinajstić information content (AvgIpc) is 2.20. The van der Waals surface area contributed by atoms with Gasteiger partial charge < -0.3 is 5.32 Å². The Kier molecular flexibility index (Phi) is 5.89. The molecule has 4 heteroatoms. The van der Waals surface area contributed by atoms with Gasteiger partial charge >= 0.3 is 0 Å². The summed E-state index contributed by atoms with van der Waals surface area (Å²) in [5.41, 5.74) is 0.400. The number of carbonyl (C=O) groups is 1. The number of nitrogens with zero attached hydrogens (tertiary/aromatic N) is 1. The minimum absolute atomic E-state index is 0.219. The summed E-state index contributed by atoms with van der Waals surface area (Å²) in [5.74, 6) is -0.219. The van der Waals surface area contributed by atoms with Crippen LogP contribution in [0.2, 0.25) is 5.15 Å². The van der Waals surface area contributed by atoms with Crippen LogP contribution in [0, 0.1) is 0 Å². The van der Waals surface area contributed by atoms with Crippen LogP contribution >= 0.6 is 11.6 Å². The normalized spacial score (nSPS) is 8.31. The van der Waals surface area contributed by atoms with Gasteiger partial charge in [0.2, 0.25) is 0 Å². The predicted molar refractivity (Wildman–Crippen MR) is 54.0 cm³/mol. The molecule has 0 bridgehead atoms. The molecule has 1 heterocycles. The molecule has 0 aliphatic heterocycles. The summed E-state index contributed by atoms with van der Waals surface area (Å²) in [4.78, 5) is 14.8. The molecule has 1 rings (SSSR count). The highest BCUT2D eigenvalue weighted by Crippen LogP contribution is 2.10. The number of amides is 1. The van der Waals surface area contributed by atoms with Crippen LogP contribution in [0.1, 0.15) is 24.2 Å². The minimum Gasteiger partial charge on any atom is -0.355 e. The monoisotopic (exact) mass is 200 g/mol. The number of aromatic nitrogens is 1. The Morgan fingerprint density at radius 2 is 2.15 bits per heavy atom. The maximum absolute atomic E-state index is 11.0. The highest BCUT2D eigenvalue weighted by molar-refractivity contribution is 6.32. The second-order valence-corrected chi connectivity index (χ2v) is 2.28. The molecule has 0 fully saturated rings. The van der Waals surface area contributed by atoms with Crippen molar-refractivity contribution in [1.29, 1.82) is 0 Å². The maximum atomic E-state index is 11.0. The number of hydrogen-bond acceptors (Lipinski definition) is 2. The Morgan fingerprint density at radius 3 is 2.62 bits per heavy atom. The summed E-state index contributed by atoms with van der Waals surface area (Å²) in [6, 6.07) is 3.28. The van der Waals surface area contributed by atoms with Gasteiger partial charge in [-0.2, -0.15) is 0 Å². The second-order valence-electron chi connectivity index (χ2n) is 1.92. The number of hydrogen-bond donors (Lipinski definition) is 1. The topological polar surface area (TPSA) is 42.0 Å². The zero-order valence-corrected chi connectivity index (χ0v) is 8.72. The third-order valence-corrected chi connectivity index (χ3v) is 1.53. The van der Waals surface area contributed by atoms with Gasteiger partial charge in [0.15, 0.2) is 0 Å². The Balaban J connectivity index is 0.000000671. The summed E-state index contributed by atoms with van der Waals surface area (Å²) in [7, 11) is 1.55. The first-order chi connectivity index (χ1) is 6.25. The number of pyridine rings is 1. The molecule has 3 nitrogen and oxygen atoms in total. The largest absolute Gasteiger partial charge is 0.355 e. The van der Waals surface area contributed by atoms with E-state index in [0.29, 0.717) is 5.56 Å². The lowest BCUT2D eigenvalue weighted by molar-refractivity contribution is 0.0963. The van der Waals surface area contributed by atoms with Gasteiger partial charge in [-0.15, -0.1) is 0 Å². The van der Waals surface area contributed by atoms with Crippen molar-refractivity contribution in [2.45, 2.75) is 13.8 Å². The lowest BCUT2D eigenvalue weighted by Gasteiger charge is -1.99. The lowest BCUT2D eigenvalue weighted by Crippen LogP contribution is -2.18. The zero-order valence-electron chi connectivity index (χ0n) is 7.97. The average molecular weight is 201 g/mol. The van der Waals surface area contributed by atoms with E-state index >= 15 is 0 Å². The SMILES string of the molecule is CC.CNC(=O)c1cccnc1Cl. The van der Waals surface area contributed by atoms with Crippen LogP contribution in [0.3, 0.4) is 0 Å². The number of carbonyl (C=O) groups excluding carboxylic acids is 1. The van der Waals surface area contributed by atoms with E-state index in [-0.39, 0.29) is 11.1 Å². The first kappa shape index (κ1) is 11.9. The van der Waals surface area contributed by atoms with Crippen molar-refractivity contribution in [1.82, 2.24) is 10.3 Å². The fourth-order valence-corrected chi connectivity index (χ4v) is 0.895. The fourth-order valence-electron chi connectivity index (χ4n) is 0.690. The van der Waals surface area contributed by atoms with Crippen molar-refractivity contribution in [2.24, 2.45) is 0 Å². The molecule has 0 saturated heterocycles. The molecule has 0 aromatic carbocycles. The van der Waals surface area contributed by atoms with Crippen molar-refractivity contribution in [3.8, 4) is 0 Å². The summed E-state index contributed by atoms with van der Waals surface area (Å²) in [6.45, 7) is 4.00. The Hall–Kier alpha value is -1.09. The number of rotatable bonds is 1. The minimum atomic E-state index is -0.219. The molecule has 1 N–H and O–H groups in total. The Morgan fingerprint density at radius 1 is 1.54 bits per heavy atom. The molecule has 1 aromatic heterocycles. The zero-order chi connectivity index (χ0) is 10.3. The molecule has 0 radical (unpaired) electrons. The third-order valence-electron chi connectivity index (χ3n) is 1.23. The van der Waals surface area contributed by atoms with Gasteiger partial charge in [-0.1, -0.05) is 25.4 Å². The number of halogens is 1. The van der Waals surface area contributed by atoms with E-state index in [0.717, 1.165) is 0 Å². The van der Waals surface area contributed by atoms with Gasteiger partial charge in [0.1, 0.15) is 5.15 Å². The summed E-state index contributed by atoms with van der Waals surface area (Å²) in [6.07, 6.45) is 1.54. The van der Waals surface area contributed by atoms with Crippen molar-refractivity contribution in [3.63, 3.8) is 0 Å². The van der Waals surface area contributed by atoms with Gasteiger partial charge in [0, 0.05) is 13.2 Å². The highest BCUT2D eigenvalue weighted by Gasteiger charge is 2.06. The van der Waals surface area contributed by atoms with E-state index in [2.05, 4.69) is 10.3 Å². The Labute approximate surface area is 83.1 Å². The fraction of sp³-hybridized carbons (Fsp3) is 0.333. The molecular formula is C9H13ClN2O. The van der Waals surface area contributed by atoms with Crippen LogP contribution in [-0.2, 0) is 0 Å². The molecule has 0 atom stereocenters. The first-order valence-corrected chi connectivity index (χ1v) is 4.46. The summed E-state index contributed by atoms with van der Waals surface area (Å²) in [5, 5.41) is 2.69. The maximum Gasteiger partial charge on any atom is 0.254 e. The molecular weight excluding hydrogens is 188 g/mol. The van der Waals surface area contributed by atoms with E-state index in [9.17, 15) is 4.79 Å². The van der Waals surface area contributed by atoms with Gasteiger partial charge in [-0.3, -0.25) is 4.79 Å². The Bertz CT molecular complexity index is 276. The smallest absolute Gasteiger partial charge is 0.254 e. The van der Waals surface area contributed by atoms with Crippen LogP contribution < -0.4 is 5.32 Å². The van der Waals surface area contributed by atoms with Gasteiger partial charge in [-0.05, 0) is 12.1 Å². The molecule has 0 unspecified atom stereocenters. The van der Waals surface area contributed by atoms with E-state index in [4.69, 9.17) is 11.6 Å². The van der Waals surface area contributed by atoms with Crippen molar-refractivity contribution < 1.29 is 4.79 Å². The molecule has 0 aliphatic rings. The van der Waals surface area contributed by atoms with Crippen LogP contribution in [0.25, 0.3) is 0 Å². The van der Waals surface area contributed by atoms with Crippen molar-refractivity contribution in [3.05, 3.63) is 29.0 Å². The van der Waals surface area contributed by atoms with Gasteiger partial charge in [-0.25, -0.2) is 4.98 Å². The van der Waals surface area contributed by atoms with E-state index < -0.39 is 0 Å². The molecule has 1 aromatic rings. The molecule has 0 spiro atoms. The quantitative estimate of drug-likeness (QED) is 0.706. The van der Waals surface area contributed by atoms with E-state index in [1.54, 1.807) is 19.2 Å². The summed E-state index contributed by atoms with van der Waals surface area (Å²) < 4.78 is 0. The number of nitrogens with one attached hydrogen (secondary N) is 1. The molecule has 1 amide bonds. The van der Waals surface area contributed by atoms with Crippen LogP contribution in [0.4, 0.5) is 0 Å². The third kappa shape index (κ3) is 3.42. The van der Waals surface area contributed by atoms with Crippen molar-refractivity contribution in [2.75, 3.05) is 7.05 Å². The van der Waals surface area contributed by atoms with E-state index in [1.165, 1.54) is 6.20 Å². The molecule has 13 heavy (non-hydrogen) atoms. The molecule has 0 aliphatic carbocycles. The van der Waals surface area contributed by atoms with Crippen LogP contribution in [0.5, 0.6) is 0 Å². The molecule has 0 saturated carbocycles. The van der Waals surface area contributed by atoms with E-state index in [1.807, 2.05) is 13.8 Å². The lowest BCUT2D eigenvalue weighted by atomic mass is 10.3. The summed E-state index contributed by atoms with van der Waals surface area (Å²) >= 11 is 5.63.